The van der Waals surface area contributed by atoms with Gasteiger partial charge >= 0.3 is 5.97 Å². The number of carbonyl (C=O) groups is 3. The molecule has 1 fully saturated rings. The largest absolute Gasteiger partial charge is 0.461 e. The number of hydrogen-bond donors (Lipinski definition) is 1. The van der Waals surface area contributed by atoms with Crippen LogP contribution >= 0.6 is 0 Å². The third-order valence-electron chi connectivity index (χ3n) is 3.53. The zero-order chi connectivity index (χ0) is 16.7. The second-order valence-electron chi connectivity index (χ2n) is 5.22. The highest BCUT2D eigenvalue weighted by Gasteiger charge is 2.19. The van der Waals surface area contributed by atoms with Gasteiger partial charge in [-0.1, -0.05) is 6.07 Å². The lowest BCUT2D eigenvalue weighted by Gasteiger charge is -2.15. The van der Waals surface area contributed by atoms with E-state index in [4.69, 9.17) is 4.74 Å². The standard InChI is InChI=1S/C16H21N3O4/c1-2-23-16(22)13-7-3-6-12(18-13)15(21)17-9-5-11-19-10-4-8-14(19)20/h3,6-7H,2,4-5,8-11H2,1H3,(H,17,21). The fraction of sp³-hybridized carbons (Fsp3) is 0.500. The summed E-state index contributed by atoms with van der Waals surface area (Å²) in [6, 6.07) is 4.65. The van der Waals surface area contributed by atoms with E-state index in [2.05, 4.69) is 10.3 Å². The molecule has 0 aliphatic carbocycles. The number of aromatic nitrogens is 1. The van der Waals surface area contributed by atoms with Gasteiger partial charge in [-0.2, -0.15) is 0 Å². The van der Waals surface area contributed by atoms with E-state index in [1.54, 1.807) is 19.1 Å². The van der Waals surface area contributed by atoms with Gasteiger partial charge in [-0.3, -0.25) is 9.59 Å². The van der Waals surface area contributed by atoms with E-state index in [1.165, 1.54) is 6.07 Å². The molecule has 0 atom stereocenters. The molecule has 1 aliphatic rings. The van der Waals surface area contributed by atoms with Gasteiger partial charge in [0.15, 0.2) is 0 Å². The van der Waals surface area contributed by atoms with Crippen molar-refractivity contribution in [1.29, 1.82) is 0 Å². The van der Waals surface area contributed by atoms with Gasteiger partial charge in [-0.05, 0) is 31.9 Å². The van der Waals surface area contributed by atoms with Gasteiger partial charge in [0.1, 0.15) is 11.4 Å². The molecule has 2 heterocycles. The molecule has 1 saturated heterocycles. The number of carbonyl (C=O) groups excluding carboxylic acids is 3. The Hall–Kier alpha value is -2.44. The molecule has 0 unspecified atom stereocenters. The maximum absolute atomic E-state index is 12.0. The van der Waals surface area contributed by atoms with E-state index < -0.39 is 5.97 Å². The lowest BCUT2D eigenvalue weighted by molar-refractivity contribution is -0.127. The second-order valence-corrected chi connectivity index (χ2v) is 5.22. The van der Waals surface area contributed by atoms with Gasteiger partial charge in [-0.15, -0.1) is 0 Å². The molecular formula is C16H21N3O4. The normalized spacial score (nSPS) is 14.0. The van der Waals surface area contributed by atoms with E-state index in [-0.39, 0.29) is 29.8 Å². The lowest BCUT2D eigenvalue weighted by Crippen LogP contribution is -2.31. The molecule has 2 rings (SSSR count). The van der Waals surface area contributed by atoms with Crippen molar-refractivity contribution in [1.82, 2.24) is 15.2 Å². The monoisotopic (exact) mass is 319 g/mol. The number of rotatable bonds is 7. The van der Waals surface area contributed by atoms with E-state index in [0.29, 0.717) is 25.9 Å². The molecule has 0 aromatic carbocycles. The zero-order valence-electron chi connectivity index (χ0n) is 13.2. The Morgan fingerprint density at radius 3 is 2.83 bits per heavy atom. The Morgan fingerprint density at radius 1 is 1.35 bits per heavy atom. The molecule has 0 bridgehead atoms. The molecular weight excluding hydrogens is 298 g/mol. The van der Waals surface area contributed by atoms with Crippen LogP contribution in [0.15, 0.2) is 18.2 Å². The molecule has 1 aliphatic heterocycles. The van der Waals surface area contributed by atoms with E-state index in [9.17, 15) is 14.4 Å². The average Bonchev–Trinajstić information content (AvgIpc) is 2.97. The lowest BCUT2D eigenvalue weighted by atomic mass is 10.3. The molecule has 124 valence electrons. The van der Waals surface area contributed by atoms with Crippen LogP contribution in [0.3, 0.4) is 0 Å². The number of nitrogens with one attached hydrogen (secondary N) is 1. The summed E-state index contributed by atoms with van der Waals surface area (Å²) in [6.07, 6.45) is 2.22. The van der Waals surface area contributed by atoms with Crippen LogP contribution in [0.25, 0.3) is 0 Å². The Balaban J connectivity index is 1.80. The molecule has 7 heteroatoms. The van der Waals surface area contributed by atoms with Crippen LogP contribution in [0.4, 0.5) is 0 Å². The number of likely N-dealkylation sites (tertiary alicyclic amines) is 1. The summed E-state index contributed by atoms with van der Waals surface area (Å²) in [5.74, 6) is -0.710. The SMILES string of the molecule is CCOC(=O)c1cccc(C(=O)NCCCN2CCCC2=O)n1. The smallest absolute Gasteiger partial charge is 0.356 e. The van der Waals surface area contributed by atoms with Crippen LogP contribution in [0, 0.1) is 0 Å². The number of nitrogens with zero attached hydrogens (tertiary/aromatic N) is 2. The van der Waals surface area contributed by atoms with E-state index in [1.807, 2.05) is 4.90 Å². The molecule has 0 saturated carbocycles. The summed E-state index contributed by atoms with van der Waals surface area (Å²) in [6.45, 7) is 3.87. The molecule has 0 spiro atoms. The molecule has 0 radical (unpaired) electrons. The quantitative estimate of drug-likeness (QED) is 0.598. The Morgan fingerprint density at radius 2 is 2.13 bits per heavy atom. The first-order valence-corrected chi connectivity index (χ1v) is 7.82. The van der Waals surface area contributed by atoms with Crippen LogP contribution in [0.5, 0.6) is 0 Å². The van der Waals surface area contributed by atoms with Crippen LogP contribution in [0.2, 0.25) is 0 Å². The van der Waals surface area contributed by atoms with E-state index >= 15 is 0 Å². The average molecular weight is 319 g/mol. The molecule has 1 aromatic rings. The van der Waals surface area contributed by atoms with Crippen molar-refractivity contribution in [3.63, 3.8) is 0 Å². The molecule has 7 nitrogen and oxygen atoms in total. The van der Waals surface area contributed by atoms with Crippen LogP contribution in [-0.2, 0) is 9.53 Å². The Kier molecular flexibility index (Phi) is 6.08. The molecule has 2 amide bonds. The second kappa shape index (κ2) is 8.26. The predicted molar refractivity (Wildman–Crippen MR) is 83.0 cm³/mol. The number of amides is 2. The fourth-order valence-electron chi connectivity index (χ4n) is 2.38. The summed E-state index contributed by atoms with van der Waals surface area (Å²) >= 11 is 0. The van der Waals surface area contributed by atoms with Gasteiger partial charge in [-0.25, -0.2) is 9.78 Å². The number of ether oxygens (including phenoxy) is 1. The van der Waals surface area contributed by atoms with Crippen molar-refractivity contribution in [2.45, 2.75) is 26.2 Å². The van der Waals surface area contributed by atoms with Gasteiger partial charge in [0, 0.05) is 26.1 Å². The summed E-state index contributed by atoms with van der Waals surface area (Å²) in [7, 11) is 0. The Labute approximate surface area is 135 Å². The zero-order valence-corrected chi connectivity index (χ0v) is 13.2. The van der Waals surface area contributed by atoms with Crippen LogP contribution < -0.4 is 5.32 Å². The van der Waals surface area contributed by atoms with Crippen LogP contribution in [-0.4, -0.2) is 53.9 Å². The van der Waals surface area contributed by atoms with Crippen LogP contribution in [0.1, 0.15) is 47.2 Å². The molecule has 1 N–H and O–H groups in total. The topological polar surface area (TPSA) is 88.6 Å². The number of hydrogen-bond acceptors (Lipinski definition) is 5. The first kappa shape index (κ1) is 16.9. The highest BCUT2D eigenvalue weighted by Crippen LogP contribution is 2.09. The minimum absolute atomic E-state index is 0.113. The van der Waals surface area contributed by atoms with Crippen molar-refractivity contribution in [3.8, 4) is 0 Å². The maximum Gasteiger partial charge on any atom is 0.356 e. The summed E-state index contributed by atoms with van der Waals surface area (Å²) in [5, 5.41) is 2.74. The van der Waals surface area contributed by atoms with Gasteiger partial charge in [0.25, 0.3) is 5.91 Å². The minimum atomic E-state index is -0.547. The van der Waals surface area contributed by atoms with Crippen molar-refractivity contribution in [3.05, 3.63) is 29.6 Å². The van der Waals surface area contributed by atoms with Crippen molar-refractivity contribution in [2.75, 3.05) is 26.2 Å². The van der Waals surface area contributed by atoms with Crippen molar-refractivity contribution < 1.29 is 19.1 Å². The number of pyridine rings is 1. The first-order valence-electron chi connectivity index (χ1n) is 7.82. The fourth-order valence-corrected chi connectivity index (χ4v) is 2.38. The Bertz CT molecular complexity index is 588. The van der Waals surface area contributed by atoms with Crippen molar-refractivity contribution >= 4 is 17.8 Å². The maximum atomic E-state index is 12.0. The molecule has 23 heavy (non-hydrogen) atoms. The summed E-state index contributed by atoms with van der Waals surface area (Å²) < 4.78 is 4.86. The highest BCUT2D eigenvalue weighted by molar-refractivity contribution is 5.94. The highest BCUT2D eigenvalue weighted by atomic mass is 16.5. The third-order valence-corrected chi connectivity index (χ3v) is 3.53. The van der Waals surface area contributed by atoms with Gasteiger partial charge < -0.3 is 15.0 Å². The van der Waals surface area contributed by atoms with Gasteiger partial charge in [0.05, 0.1) is 6.61 Å². The molecule has 1 aromatic heterocycles. The minimum Gasteiger partial charge on any atom is -0.461 e. The summed E-state index contributed by atoms with van der Waals surface area (Å²) in [5.41, 5.74) is 0.287. The first-order chi connectivity index (χ1) is 11.1. The number of esters is 1. The summed E-state index contributed by atoms with van der Waals surface area (Å²) in [4.78, 5) is 40.9. The van der Waals surface area contributed by atoms with Gasteiger partial charge in [0.2, 0.25) is 5.91 Å². The van der Waals surface area contributed by atoms with Crippen molar-refractivity contribution in [2.24, 2.45) is 0 Å². The van der Waals surface area contributed by atoms with E-state index in [0.717, 1.165) is 13.0 Å². The third kappa shape index (κ3) is 4.77. The predicted octanol–water partition coefficient (Wildman–Crippen LogP) is 1.00.